The summed E-state index contributed by atoms with van der Waals surface area (Å²) in [5.41, 5.74) is 2.35. The normalized spacial score (nSPS) is 12.2. The first-order chi connectivity index (χ1) is 14.7. The van der Waals surface area contributed by atoms with Crippen molar-refractivity contribution in [1.82, 2.24) is 0 Å². The molecule has 1 aliphatic carbocycles. The van der Waals surface area contributed by atoms with Crippen molar-refractivity contribution in [2.24, 2.45) is 0 Å². The van der Waals surface area contributed by atoms with Crippen LogP contribution in [0.2, 0.25) is 0 Å². The van der Waals surface area contributed by atoms with Gasteiger partial charge in [0.1, 0.15) is 17.1 Å². The smallest absolute Gasteiger partial charge is 0.336 e. The number of fused-ring (bicyclic) bond motifs is 4. The number of carbonyl (C=O) groups excluding carboxylic acids is 1. The van der Waals surface area contributed by atoms with Crippen LogP contribution in [0.1, 0.15) is 15.9 Å². The number of hydrogen-bond donors (Lipinski definition) is 0. The van der Waals surface area contributed by atoms with Gasteiger partial charge in [-0.15, -0.1) is 0 Å². The summed E-state index contributed by atoms with van der Waals surface area (Å²) in [7, 11) is 0. The van der Waals surface area contributed by atoms with Gasteiger partial charge >= 0.3 is 5.63 Å². The molecule has 1 aromatic heterocycles. The van der Waals surface area contributed by atoms with E-state index in [-0.39, 0.29) is 5.78 Å². The Morgan fingerprint density at radius 1 is 0.667 bits per heavy atom. The number of rotatable bonds is 2. The van der Waals surface area contributed by atoms with E-state index in [9.17, 15) is 9.59 Å². The molecule has 0 bridgehead atoms. The number of hydrogen-bond acceptors (Lipinski definition) is 4. The van der Waals surface area contributed by atoms with E-state index in [1.807, 2.05) is 72.8 Å². The maximum Gasteiger partial charge on any atom is 0.336 e. The molecule has 6 rings (SSSR count). The third kappa shape index (κ3) is 2.28. The molecular weight excluding hydrogens is 376 g/mol. The quantitative estimate of drug-likeness (QED) is 0.271. The van der Waals surface area contributed by atoms with E-state index in [1.54, 1.807) is 6.07 Å². The summed E-state index contributed by atoms with van der Waals surface area (Å²) in [6, 6.07) is 25.7. The van der Waals surface area contributed by atoms with Gasteiger partial charge in [0, 0.05) is 33.4 Å². The van der Waals surface area contributed by atoms with Gasteiger partial charge in [0.25, 0.3) is 0 Å². The van der Waals surface area contributed by atoms with Crippen molar-refractivity contribution < 1.29 is 13.9 Å². The summed E-state index contributed by atoms with van der Waals surface area (Å²) in [6.07, 6.45) is 0. The van der Waals surface area contributed by atoms with Gasteiger partial charge in [-0.05, 0) is 17.7 Å². The second-order valence-electron chi connectivity index (χ2n) is 7.22. The molecule has 4 nitrogen and oxygen atoms in total. The van der Waals surface area contributed by atoms with Crippen LogP contribution in [-0.2, 0) is 0 Å². The molecule has 0 fully saturated rings. The van der Waals surface area contributed by atoms with Gasteiger partial charge in [-0.3, -0.25) is 4.79 Å². The molecule has 0 radical (unpaired) electrons. The van der Waals surface area contributed by atoms with E-state index < -0.39 is 5.63 Å². The van der Waals surface area contributed by atoms with Crippen molar-refractivity contribution in [1.29, 1.82) is 0 Å². The van der Waals surface area contributed by atoms with E-state index in [4.69, 9.17) is 9.15 Å². The molecule has 1 aliphatic rings. The molecule has 1 heterocycles. The van der Waals surface area contributed by atoms with Crippen LogP contribution in [0.3, 0.4) is 0 Å². The minimum Gasteiger partial charge on any atom is -0.456 e. The maximum absolute atomic E-state index is 13.6. The predicted octanol–water partition coefficient (Wildman–Crippen LogP) is 5.95. The first-order valence-electron chi connectivity index (χ1n) is 9.62. The molecule has 0 spiro atoms. The van der Waals surface area contributed by atoms with Gasteiger partial charge in [-0.1, -0.05) is 66.7 Å². The molecule has 0 atom stereocenters. The minimum absolute atomic E-state index is 0.145. The molecular formula is C26H14O4. The Balaban J connectivity index is 1.84. The highest BCUT2D eigenvalue weighted by atomic mass is 16.5. The van der Waals surface area contributed by atoms with E-state index in [0.29, 0.717) is 39.2 Å². The molecule has 0 amide bonds. The first kappa shape index (κ1) is 16.7. The van der Waals surface area contributed by atoms with Crippen molar-refractivity contribution in [3.63, 3.8) is 0 Å². The fraction of sp³-hybridized carbons (Fsp3) is 0. The summed E-state index contributed by atoms with van der Waals surface area (Å²) in [6.45, 7) is 0. The van der Waals surface area contributed by atoms with Gasteiger partial charge < -0.3 is 9.15 Å². The van der Waals surface area contributed by atoms with Crippen molar-refractivity contribution in [3.8, 4) is 22.6 Å². The molecule has 4 aromatic carbocycles. The molecule has 142 valence electrons. The van der Waals surface area contributed by atoms with Crippen molar-refractivity contribution in [3.05, 3.63) is 106 Å². The van der Waals surface area contributed by atoms with Crippen LogP contribution in [0.15, 0.2) is 94.1 Å². The monoisotopic (exact) mass is 390 g/mol. The lowest BCUT2D eigenvalue weighted by Gasteiger charge is -2.23. The molecule has 0 unspecified atom stereocenters. The Hall–Kier alpha value is -4.18. The summed E-state index contributed by atoms with van der Waals surface area (Å²) >= 11 is 0. The van der Waals surface area contributed by atoms with Crippen LogP contribution in [0.5, 0.6) is 11.5 Å². The van der Waals surface area contributed by atoms with Crippen LogP contribution in [0.25, 0.3) is 32.9 Å². The zero-order valence-corrected chi connectivity index (χ0v) is 15.7. The van der Waals surface area contributed by atoms with Crippen LogP contribution in [-0.4, -0.2) is 5.78 Å². The maximum atomic E-state index is 13.6. The zero-order chi connectivity index (χ0) is 20.2. The fourth-order valence-electron chi connectivity index (χ4n) is 4.25. The Morgan fingerprint density at radius 2 is 1.33 bits per heavy atom. The number of benzene rings is 4. The number of ether oxygens (including phenoxy) is 1. The minimum atomic E-state index is -0.450. The lowest BCUT2D eigenvalue weighted by atomic mass is 9.82. The molecule has 4 heteroatoms. The largest absolute Gasteiger partial charge is 0.456 e. The second-order valence-corrected chi connectivity index (χ2v) is 7.22. The highest BCUT2D eigenvalue weighted by molar-refractivity contribution is 6.31. The van der Waals surface area contributed by atoms with Gasteiger partial charge in [-0.2, -0.15) is 0 Å². The average Bonchev–Trinajstić information content (AvgIpc) is 2.79. The van der Waals surface area contributed by atoms with E-state index >= 15 is 0 Å². The number of para-hydroxylation sites is 1. The molecule has 0 saturated carbocycles. The van der Waals surface area contributed by atoms with Crippen LogP contribution < -0.4 is 10.4 Å². The van der Waals surface area contributed by atoms with Crippen LogP contribution >= 0.6 is 0 Å². The Morgan fingerprint density at radius 3 is 2.13 bits per heavy atom. The predicted molar refractivity (Wildman–Crippen MR) is 115 cm³/mol. The standard InChI is InChI=1S/C26H14O4/c27-21-14-20-16-10-4-5-11-17(16)24(28)23-22(20)25(30-21)18-12-6-7-13-19(18)26(23)29-15-8-2-1-3-9-15/h1-14H. The number of ketones is 1. The lowest BCUT2D eigenvalue weighted by molar-refractivity contribution is 0.103. The fourth-order valence-corrected chi connectivity index (χ4v) is 4.25. The summed E-state index contributed by atoms with van der Waals surface area (Å²) in [5, 5.41) is 2.06. The Labute approximate surface area is 171 Å². The Kier molecular flexibility index (Phi) is 3.44. The van der Waals surface area contributed by atoms with Crippen molar-refractivity contribution in [2.45, 2.75) is 0 Å². The summed E-state index contributed by atoms with van der Waals surface area (Å²) in [5.74, 6) is 0.955. The average molecular weight is 390 g/mol. The van der Waals surface area contributed by atoms with E-state index in [1.165, 1.54) is 6.07 Å². The van der Waals surface area contributed by atoms with Crippen LogP contribution in [0.4, 0.5) is 0 Å². The first-order valence-corrected chi connectivity index (χ1v) is 9.62. The highest BCUT2D eigenvalue weighted by Crippen LogP contribution is 2.47. The molecule has 30 heavy (non-hydrogen) atoms. The SMILES string of the molecule is O=C1c2ccccc2-c2cc(=O)oc3c2c1c(Oc1ccccc1)c1ccccc13. The van der Waals surface area contributed by atoms with Crippen LogP contribution in [0, 0.1) is 0 Å². The van der Waals surface area contributed by atoms with Gasteiger partial charge in [0.2, 0.25) is 0 Å². The molecule has 0 aliphatic heterocycles. The summed E-state index contributed by atoms with van der Waals surface area (Å²) < 4.78 is 11.9. The molecule has 0 saturated heterocycles. The third-order valence-corrected chi connectivity index (χ3v) is 5.51. The Bertz CT molecular complexity index is 1550. The second kappa shape index (κ2) is 6.16. The van der Waals surface area contributed by atoms with Gasteiger partial charge in [0.15, 0.2) is 5.78 Å². The lowest BCUT2D eigenvalue weighted by Crippen LogP contribution is -2.14. The van der Waals surface area contributed by atoms with Crippen molar-refractivity contribution in [2.75, 3.05) is 0 Å². The molecule has 5 aromatic rings. The number of carbonyl (C=O) groups is 1. The topological polar surface area (TPSA) is 56.5 Å². The summed E-state index contributed by atoms with van der Waals surface area (Å²) in [4.78, 5) is 26.1. The zero-order valence-electron chi connectivity index (χ0n) is 15.7. The highest BCUT2D eigenvalue weighted by Gasteiger charge is 2.32. The van der Waals surface area contributed by atoms with Gasteiger partial charge in [0.05, 0.1) is 5.56 Å². The molecule has 0 N–H and O–H groups in total. The van der Waals surface area contributed by atoms with Gasteiger partial charge in [-0.25, -0.2) is 4.79 Å². The van der Waals surface area contributed by atoms with Crippen molar-refractivity contribution >= 4 is 27.5 Å². The third-order valence-electron chi connectivity index (χ3n) is 5.51. The van der Waals surface area contributed by atoms with E-state index in [0.717, 1.165) is 16.3 Å². The van der Waals surface area contributed by atoms with E-state index in [2.05, 4.69) is 0 Å².